The van der Waals surface area contributed by atoms with Crippen molar-refractivity contribution in [2.24, 2.45) is 0 Å². The molecule has 0 bridgehead atoms. The Bertz CT molecular complexity index is 1320. The first-order chi connectivity index (χ1) is 17.5. The van der Waals surface area contributed by atoms with Crippen LogP contribution in [-0.4, -0.2) is 76.8 Å². The van der Waals surface area contributed by atoms with Crippen LogP contribution in [0.15, 0.2) is 66.9 Å². The summed E-state index contributed by atoms with van der Waals surface area (Å²) in [5.74, 6) is 0.362. The summed E-state index contributed by atoms with van der Waals surface area (Å²) < 4.78 is 1.83. The Kier molecular flexibility index (Phi) is 7.11. The van der Waals surface area contributed by atoms with E-state index in [9.17, 15) is 4.79 Å². The molecule has 0 unspecified atom stereocenters. The third-order valence-electron chi connectivity index (χ3n) is 6.97. The van der Waals surface area contributed by atoms with Crippen molar-refractivity contribution in [1.82, 2.24) is 29.9 Å². The standard InChI is InChI=1S/C29H34N6O/c1-21(2)22-9-11-24(12-10-22)35-28-26(20-31-35)25(19-27(32-28)23-7-5-4-6-8-23)29(36)30-13-14-34-17-15-33(3)16-18-34/h4-12,19-21H,13-18H2,1-3H3,(H,30,36). The first-order valence-corrected chi connectivity index (χ1v) is 12.7. The zero-order valence-electron chi connectivity index (χ0n) is 21.3. The molecule has 0 saturated carbocycles. The van der Waals surface area contributed by atoms with Crippen LogP contribution in [-0.2, 0) is 0 Å². The van der Waals surface area contributed by atoms with E-state index in [0.29, 0.717) is 23.7 Å². The molecule has 0 radical (unpaired) electrons. The van der Waals surface area contributed by atoms with Gasteiger partial charge >= 0.3 is 0 Å². The van der Waals surface area contributed by atoms with Gasteiger partial charge in [0.25, 0.3) is 5.91 Å². The number of likely N-dealkylation sites (N-methyl/N-ethyl adjacent to an activating group) is 1. The lowest BCUT2D eigenvalue weighted by Gasteiger charge is -2.32. The van der Waals surface area contributed by atoms with Crippen molar-refractivity contribution < 1.29 is 4.79 Å². The maximum atomic E-state index is 13.4. The van der Waals surface area contributed by atoms with Gasteiger partial charge in [-0.25, -0.2) is 9.67 Å². The van der Waals surface area contributed by atoms with E-state index in [-0.39, 0.29) is 5.91 Å². The van der Waals surface area contributed by atoms with Gasteiger partial charge in [-0.1, -0.05) is 56.3 Å². The number of amides is 1. The number of hydrogen-bond acceptors (Lipinski definition) is 5. The molecule has 1 fully saturated rings. The molecule has 2 aromatic carbocycles. The van der Waals surface area contributed by atoms with E-state index in [2.05, 4.69) is 65.4 Å². The molecule has 1 amide bonds. The topological polar surface area (TPSA) is 66.3 Å². The summed E-state index contributed by atoms with van der Waals surface area (Å²) in [5.41, 5.74) is 5.20. The van der Waals surface area contributed by atoms with E-state index in [1.165, 1.54) is 5.56 Å². The van der Waals surface area contributed by atoms with Crippen LogP contribution < -0.4 is 5.32 Å². The average molecular weight is 483 g/mol. The van der Waals surface area contributed by atoms with Crippen molar-refractivity contribution in [3.05, 3.63) is 78.0 Å². The van der Waals surface area contributed by atoms with Crippen molar-refractivity contribution >= 4 is 16.9 Å². The highest BCUT2D eigenvalue weighted by Crippen LogP contribution is 2.27. The summed E-state index contributed by atoms with van der Waals surface area (Å²) in [5, 5.41) is 8.53. The summed E-state index contributed by atoms with van der Waals surface area (Å²) in [4.78, 5) is 23.1. The Balaban J connectivity index is 1.46. The van der Waals surface area contributed by atoms with Gasteiger partial charge in [-0.05, 0) is 36.7 Å². The van der Waals surface area contributed by atoms with Gasteiger partial charge in [-0.15, -0.1) is 0 Å². The Morgan fingerprint density at radius 2 is 1.72 bits per heavy atom. The number of pyridine rings is 1. The fraction of sp³-hybridized carbons (Fsp3) is 0.345. The number of nitrogens with one attached hydrogen (secondary N) is 1. The minimum atomic E-state index is -0.0941. The minimum Gasteiger partial charge on any atom is -0.351 e. The second-order valence-corrected chi connectivity index (χ2v) is 9.86. The van der Waals surface area contributed by atoms with Gasteiger partial charge in [0.15, 0.2) is 5.65 Å². The normalized spacial score (nSPS) is 15.0. The van der Waals surface area contributed by atoms with Crippen LogP contribution in [0.3, 0.4) is 0 Å². The zero-order chi connectivity index (χ0) is 25.1. The molecule has 3 heterocycles. The molecule has 5 rings (SSSR count). The van der Waals surface area contributed by atoms with Crippen LogP contribution in [0.2, 0.25) is 0 Å². The molecule has 1 saturated heterocycles. The molecule has 7 heteroatoms. The van der Waals surface area contributed by atoms with Crippen LogP contribution in [0, 0.1) is 0 Å². The maximum absolute atomic E-state index is 13.4. The van der Waals surface area contributed by atoms with Gasteiger partial charge in [-0.2, -0.15) is 5.10 Å². The van der Waals surface area contributed by atoms with E-state index in [1.807, 2.05) is 41.1 Å². The molecule has 186 valence electrons. The zero-order valence-corrected chi connectivity index (χ0v) is 21.3. The Labute approximate surface area is 212 Å². The second-order valence-electron chi connectivity index (χ2n) is 9.86. The van der Waals surface area contributed by atoms with Crippen molar-refractivity contribution in [1.29, 1.82) is 0 Å². The van der Waals surface area contributed by atoms with E-state index in [0.717, 1.165) is 55.1 Å². The lowest BCUT2D eigenvalue weighted by molar-refractivity contribution is 0.0942. The fourth-order valence-electron chi connectivity index (χ4n) is 4.63. The predicted molar refractivity (Wildman–Crippen MR) is 145 cm³/mol. The highest BCUT2D eigenvalue weighted by atomic mass is 16.1. The number of hydrogen-bond donors (Lipinski definition) is 1. The highest BCUT2D eigenvalue weighted by molar-refractivity contribution is 6.06. The van der Waals surface area contributed by atoms with Gasteiger partial charge in [0.2, 0.25) is 0 Å². The van der Waals surface area contributed by atoms with Gasteiger partial charge in [0, 0.05) is 44.8 Å². The Morgan fingerprint density at radius 3 is 2.42 bits per heavy atom. The highest BCUT2D eigenvalue weighted by Gasteiger charge is 2.19. The van der Waals surface area contributed by atoms with Crippen LogP contribution in [0.1, 0.15) is 35.7 Å². The largest absolute Gasteiger partial charge is 0.351 e. The Morgan fingerprint density at radius 1 is 1.00 bits per heavy atom. The summed E-state index contributed by atoms with van der Waals surface area (Å²) in [6.07, 6.45) is 1.75. The SMILES string of the molecule is CC(C)c1ccc(-n2ncc3c(C(=O)NCCN4CCN(C)CC4)cc(-c4ccccc4)nc32)cc1. The number of rotatable bonds is 7. The minimum absolute atomic E-state index is 0.0941. The third kappa shape index (κ3) is 5.17. The quantitative estimate of drug-likeness (QED) is 0.428. The molecular weight excluding hydrogens is 448 g/mol. The molecule has 1 N–H and O–H groups in total. The summed E-state index contributed by atoms with van der Waals surface area (Å²) >= 11 is 0. The van der Waals surface area contributed by atoms with Crippen molar-refractivity contribution in [2.45, 2.75) is 19.8 Å². The number of fused-ring (bicyclic) bond motifs is 1. The lowest BCUT2D eigenvalue weighted by atomic mass is 10.0. The van der Waals surface area contributed by atoms with E-state index < -0.39 is 0 Å². The molecule has 4 aromatic rings. The second kappa shape index (κ2) is 10.6. The number of benzene rings is 2. The summed E-state index contributed by atoms with van der Waals surface area (Å²) in [6, 6.07) is 20.2. The monoisotopic (exact) mass is 482 g/mol. The molecule has 0 spiro atoms. The number of nitrogens with zero attached hydrogens (tertiary/aromatic N) is 5. The Hall–Kier alpha value is -3.55. The lowest BCUT2D eigenvalue weighted by Crippen LogP contribution is -2.46. The van der Waals surface area contributed by atoms with Crippen molar-refractivity contribution in [3.8, 4) is 16.9 Å². The number of carbonyl (C=O) groups is 1. The predicted octanol–water partition coefficient (Wildman–Crippen LogP) is 4.19. The molecule has 2 aromatic heterocycles. The van der Waals surface area contributed by atoms with E-state index in [4.69, 9.17) is 4.98 Å². The summed E-state index contributed by atoms with van der Waals surface area (Å²) in [7, 11) is 2.15. The summed E-state index contributed by atoms with van der Waals surface area (Å²) in [6.45, 7) is 10.0. The van der Waals surface area contributed by atoms with Gasteiger partial charge in [0.1, 0.15) is 0 Å². The molecular formula is C29H34N6O. The van der Waals surface area contributed by atoms with E-state index in [1.54, 1.807) is 6.20 Å². The number of piperazine rings is 1. The van der Waals surface area contributed by atoms with Crippen LogP contribution >= 0.6 is 0 Å². The van der Waals surface area contributed by atoms with Crippen LogP contribution in [0.4, 0.5) is 0 Å². The van der Waals surface area contributed by atoms with Crippen LogP contribution in [0.5, 0.6) is 0 Å². The number of aromatic nitrogens is 3. The van der Waals surface area contributed by atoms with E-state index >= 15 is 0 Å². The maximum Gasteiger partial charge on any atom is 0.252 e. The molecule has 0 atom stereocenters. The molecule has 36 heavy (non-hydrogen) atoms. The number of carbonyl (C=O) groups excluding carboxylic acids is 1. The smallest absolute Gasteiger partial charge is 0.252 e. The molecule has 7 nitrogen and oxygen atoms in total. The first kappa shape index (κ1) is 24.2. The van der Waals surface area contributed by atoms with Crippen molar-refractivity contribution in [3.63, 3.8) is 0 Å². The average Bonchev–Trinajstić information content (AvgIpc) is 3.34. The molecule has 1 aliphatic rings. The van der Waals surface area contributed by atoms with Gasteiger partial charge in [-0.3, -0.25) is 9.69 Å². The molecule has 0 aliphatic carbocycles. The van der Waals surface area contributed by atoms with Gasteiger partial charge < -0.3 is 10.2 Å². The van der Waals surface area contributed by atoms with Crippen LogP contribution in [0.25, 0.3) is 28.0 Å². The van der Waals surface area contributed by atoms with Crippen molar-refractivity contribution in [2.75, 3.05) is 46.3 Å². The van der Waals surface area contributed by atoms with Gasteiger partial charge in [0.05, 0.1) is 28.5 Å². The first-order valence-electron chi connectivity index (χ1n) is 12.7. The fourth-order valence-corrected chi connectivity index (χ4v) is 4.63. The molecule has 1 aliphatic heterocycles. The third-order valence-corrected chi connectivity index (χ3v) is 6.97.